The van der Waals surface area contributed by atoms with Crippen molar-refractivity contribution in [2.24, 2.45) is 0 Å². The van der Waals surface area contributed by atoms with Gasteiger partial charge < -0.3 is 24.8 Å². The lowest BCUT2D eigenvalue weighted by molar-refractivity contribution is 0.0635. The summed E-state index contributed by atoms with van der Waals surface area (Å²) in [5, 5.41) is 7.76. The molecule has 0 aliphatic rings. The molecule has 0 saturated heterocycles. The predicted molar refractivity (Wildman–Crippen MR) is 122 cm³/mol. The summed E-state index contributed by atoms with van der Waals surface area (Å²) in [5.41, 5.74) is 0.836. The fourth-order valence-corrected chi connectivity index (χ4v) is 2.44. The molecule has 1 heterocycles. The molecule has 166 valence electrons. The molecule has 0 radical (unpaired) electrons. The highest BCUT2D eigenvalue weighted by atomic mass is 32.1. The minimum Gasteiger partial charge on any atom is -0.456 e. The second kappa shape index (κ2) is 10.6. The number of alkyl carbamates (subject to hydrolysis) is 1. The predicted octanol–water partition coefficient (Wildman–Crippen LogP) is 4.97. The number of rotatable bonds is 5. The second-order valence-corrected chi connectivity index (χ2v) is 7.79. The highest BCUT2D eigenvalue weighted by Gasteiger charge is 2.17. The van der Waals surface area contributed by atoms with Crippen molar-refractivity contribution >= 4 is 41.1 Å². The van der Waals surface area contributed by atoms with Crippen molar-refractivity contribution in [2.45, 2.75) is 40.2 Å². The third-order valence-electron chi connectivity index (χ3n) is 3.55. The number of benzene rings is 1. The van der Waals surface area contributed by atoms with Gasteiger partial charge in [0.05, 0.1) is 11.9 Å². The molecular weight excluding hydrogens is 420 g/mol. The van der Waals surface area contributed by atoms with E-state index >= 15 is 0 Å². The number of nitrogens with zero attached hydrogens (tertiary/aromatic N) is 1. The van der Waals surface area contributed by atoms with Crippen molar-refractivity contribution in [1.82, 2.24) is 10.3 Å². The number of thiocarbonyl (C=S) groups is 1. The first-order valence-corrected chi connectivity index (χ1v) is 9.98. The molecule has 0 unspecified atom stereocenters. The zero-order valence-electron chi connectivity index (χ0n) is 18.1. The average molecular weight is 447 g/mol. The van der Waals surface area contributed by atoms with Crippen LogP contribution in [0.2, 0.25) is 0 Å². The fraction of sp³-hybridized carbons (Fsp3) is 0.333. The van der Waals surface area contributed by atoms with E-state index in [1.54, 1.807) is 52.0 Å². The molecule has 0 spiro atoms. The Bertz CT molecular complexity index is 942. The molecule has 10 heteroatoms. The molecule has 2 amide bonds. The van der Waals surface area contributed by atoms with E-state index in [4.69, 9.17) is 26.4 Å². The summed E-state index contributed by atoms with van der Waals surface area (Å²) in [7, 11) is 0. The van der Waals surface area contributed by atoms with Crippen molar-refractivity contribution in [1.29, 1.82) is 0 Å². The minimum absolute atomic E-state index is 0.122. The molecule has 1 aromatic carbocycles. The summed E-state index contributed by atoms with van der Waals surface area (Å²) in [4.78, 5) is 27.6. The van der Waals surface area contributed by atoms with E-state index < -0.39 is 17.8 Å². The highest BCUT2D eigenvalue weighted by molar-refractivity contribution is 7.80. The van der Waals surface area contributed by atoms with Crippen molar-refractivity contribution in [3.63, 3.8) is 0 Å². The Morgan fingerprint density at radius 3 is 2.39 bits per heavy atom. The molecule has 0 bridgehead atoms. The van der Waals surface area contributed by atoms with Crippen LogP contribution < -0.4 is 20.7 Å². The largest absolute Gasteiger partial charge is 0.456 e. The molecule has 2 rings (SSSR count). The van der Waals surface area contributed by atoms with Crippen molar-refractivity contribution < 1.29 is 23.8 Å². The number of nitrogens with one attached hydrogen (secondary N) is 3. The van der Waals surface area contributed by atoms with Crippen LogP contribution in [0.5, 0.6) is 11.5 Å². The first-order chi connectivity index (χ1) is 14.6. The van der Waals surface area contributed by atoms with Gasteiger partial charge >= 0.3 is 12.2 Å². The van der Waals surface area contributed by atoms with Gasteiger partial charge in [-0.3, -0.25) is 5.32 Å². The Hall–Kier alpha value is -3.40. The van der Waals surface area contributed by atoms with Crippen LogP contribution in [0.1, 0.15) is 33.3 Å². The average Bonchev–Trinajstić information content (AvgIpc) is 2.64. The molecule has 0 aliphatic heterocycles. The Kier molecular flexibility index (Phi) is 8.14. The van der Waals surface area contributed by atoms with Crippen LogP contribution in [0.25, 0.3) is 0 Å². The summed E-state index contributed by atoms with van der Waals surface area (Å²) < 4.78 is 15.9. The number of ether oxygens (including phenoxy) is 3. The molecule has 0 atom stereocenters. The van der Waals surface area contributed by atoms with E-state index in [1.807, 2.05) is 13.0 Å². The number of hydrogen-bond donors (Lipinski definition) is 3. The monoisotopic (exact) mass is 446 g/mol. The van der Waals surface area contributed by atoms with Gasteiger partial charge in [-0.05, 0) is 70.6 Å². The molecule has 0 saturated carbocycles. The molecule has 31 heavy (non-hydrogen) atoms. The minimum atomic E-state index is -0.643. The molecule has 1 aromatic heterocycles. The molecule has 9 nitrogen and oxygen atoms in total. The van der Waals surface area contributed by atoms with Crippen LogP contribution in [0.15, 0.2) is 36.5 Å². The first-order valence-electron chi connectivity index (χ1n) is 9.57. The highest BCUT2D eigenvalue weighted by Crippen LogP contribution is 2.27. The summed E-state index contributed by atoms with van der Waals surface area (Å²) in [6.07, 6.45) is 0.295. The normalized spacial score (nSPS) is 10.6. The number of carbonyl (C=O) groups is 2. The van der Waals surface area contributed by atoms with Gasteiger partial charge in [-0.25, -0.2) is 14.6 Å². The summed E-state index contributed by atoms with van der Waals surface area (Å²) >= 11 is 4.95. The number of amides is 2. The van der Waals surface area contributed by atoms with Gasteiger partial charge in [0, 0.05) is 12.6 Å². The Morgan fingerprint density at radius 1 is 1.06 bits per heavy atom. The number of carbonyl (C=O) groups excluding carboxylic acids is 2. The number of aryl methyl sites for hydroxylation is 1. The van der Waals surface area contributed by atoms with Gasteiger partial charge in [0.1, 0.15) is 22.9 Å². The number of aromatic nitrogens is 1. The quantitative estimate of drug-likeness (QED) is 0.552. The van der Waals surface area contributed by atoms with E-state index in [-0.39, 0.29) is 5.17 Å². The molecule has 0 aliphatic carbocycles. The lowest BCUT2D eigenvalue weighted by Crippen LogP contribution is -2.28. The van der Waals surface area contributed by atoms with Crippen LogP contribution in [-0.2, 0) is 9.47 Å². The van der Waals surface area contributed by atoms with Gasteiger partial charge in [-0.15, -0.1) is 0 Å². The molecule has 0 fully saturated rings. The Balaban J connectivity index is 1.99. The van der Waals surface area contributed by atoms with E-state index in [2.05, 4.69) is 20.9 Å². The van der Waals surface area contributed by atoms with Crippen LogP contribution in [0.3, 0.4) is 0 Å². The summed E-state index contributed by atoms with van der Waals surface area (Å²) in [6, 6.07) is 8.59. The summed E-state index contributed by atoms with van der Waals surface area (Å²) in [6.45, 7) is 9.45. The van der Waals surface area contributed by atoms with Crippen molar-refractivity contribution in [3.05, 3.63) is 42.1 Å². The summed E-state index contributed by atoms with van der Waals surface area (Å²) in [5.74, 6) is 1.36. The number of anilines is 2. The maximum absolute atomic E-state index is 12.0. The number of hydrogen-bond acceptors (Lipinski definition) is 7. The standard InChI is InChI=1S/C21H26N4O5S/c1-6-22-18(26)29-20(31)25-17-10-9-15(12-23-17)28-14-8-7-13(2)16(11-14)24-19(27)30-21(3,4)5/h7-12H,6H2,1-5H3,(H,22,26)(H,24,27)(H,23,25,31). The van der Waals surface area contributed by atoms with Crippen LogP contribution >= 0.6 is 12.2 Å². The van der Waals surface area contributed by atoms with Gasteiger partial charge in [0.15, 0.2) is 0 Å². The van der Waals surface area contributed by atoms with E-state index in [0.29, 0.717) is 29.5 Å². The second-order valence-electron chi connectivity index (χ2n) is 7.42. The molecule has 3 N–H and O–H groups in total. The van der Waals surface area contributed by atoms with Gasteiger partial charge in [-0.1, -0.05) is 6.07 Å². The SMILES string of the molecule is CCNC(=O)OC(=S)Nc1ccc(Oc2ccc(C)c(NC(=O)OC(C)(C)C)c2)cn1. The zero-order valence-corrected chi connectivity index (χ0v) is 18.9. The Labute approximate surface area is 186 Å². The van der Waals surface area contributed by atoms with Crippen LogP contribution in [0.4, 0.5) is 21.1 Å². The third-order valence-corrected chi connectivity index (χ3v) is 3.74. The lowest BCUT2D eigenvalue weighted by atomic mass is 10.2. The number of pyridine rings is 1. The van der Waals surface area contributed by atoms with E-state index in [0.717, 1.165) is 5.56 Å². The van der Waals surface area contributed by atoms with E-state index in [9.17, 15) is 9.59 Å². The first kappa shape index (κ1) is 23.9. The smallest absolute Gasteiger partial charge is 0.414 e. The maximum Gasteiger partial charge on any atom is 0.414 e. The van der Waals surface area contributed by atoms with Gasteiger partial charge in [0.25, 0.3) is 5.17 Å². The van der Waals surface area contributed by atoms with E-state index in [1.165, 1.54) is 6.20 Å². The van der Waals surface area contributed by atoms with Crippen LogP contribution in [-0.4, -0.2) is 34.5 Å². The topological polar surface area (TPSA) is 111 Å². The molecular formula is C21H26N4O5S. The van der Waals surface area contributed by atoms with Gasteiger partial charge in [0.2, 0.25) is 0 Å². The Morgan fingerprint density at radius 2 is 1.77 bits per heavy atom. The van der Waals surface area contributed by atoms with Crippen molar-refractivity contribution in [2.75, 3.05) is 17.2 Å². The van der Waals surface area contributed by atoms with Crippen LogP contribution in [0, 0.1) is 6.92 Å². The zero-order chi connectivity index (χ0) is 23.0. The van der Waals surface area contributed by atoms with Crippen molar-refractivity contribution in [3.8, 4) is 11.5 Å². The third kappa shape index (κ3) is 8.47. The lowest BCUT2D eigenvalue weighted by Gasteiger charge is -2.20. The maximum atomic E-state index is 12.0. The fourth-order valence-electron chi connectivity index (χ4n) is 2.26. The molecule has 2 aromatic rings. The van der Waals surface area contributed by atoms with Gasteiger partial charge in [-0.2, -0.15) is 0 Å².